The van der Waals surface area contributed by atoms with E-state index in [-0.39, 0.29) is 22.5 Å². The second-order valence-electron chi connectivity index (χ2n) is 10.8. The molecule has 1 fully saturated rings. The first-order valence-electron chi connectivity index (χ1n) is 10.9. The van der Waals surface area contributed by atoms with Gasteiger partial charge in [-0.05, 0) is 86.4 Å². The maximum atomic E-state index is 11.9. The third-order valence-electron chi connectivity index (χ3n) is 7.01. The van der Waals surface area contributed by atoms with Gasteiger partial charge in [-0.3, -0.25) is 0 Å². The standard InChI is InChI=1S/C24H43IO2Si/c1-19(10-9-11-20(2)17-25)12-14-24(6)15-13-22(21(16-24)18-26)27-28(7,8)23(3,4)5/h10,17-18,21-22H,9,11-16H2,1-8H3/b19-10-,20-17+/t21-,22-,24+/m1/s1. The number of carbonyl (C=O) groups is 1. The monoisotopic (exact) mass is 518 g/mol. The minimum absolute atomic E-state index is 0.0496. The number of hydrogen-bond donors (Lipinski definition) is 0. The number of hydrogen-bond acceptors (Lipinski definition) is 2. The molecule has 0 bridgehead atoms. The lowest BCUT2D eigenvalue weighted by Gasteiger charge is -2.46. The van der Waals surface area contributed by atoms with Crippen LogP contribution in [0.3, 0.4) is 0 Å². The Hall–Kier alpha value is 0.0569. The van der Waals surface area contributed by atoms with Gasteiger partial charge in [-0.15, -0.1) is 0 Å². The maximum absolute atomic E-state index is 11.9. The number of rotatable bonds is 9. The van der Waals surface area contributed by atoms with Gasteiger partial charge in [-0.1, -0.05) is 67.5 Å². The van der Waals surface area contributed by atoms with Crippen LogP contribution in [0, 0.1) is 11.3 Å². The molecule has 1 aliphatic rings. The van der Waals surface area contributed by atoms with E-state index in [2.05, 4.69) is 87.4 Å². The van der Waals surface area contributed by atoms with E-state index in [1.54, 1.807) is 0 Å². The first kappa shape index (κ1) is 26.1. The highest BCUT2D eigenvalue weighted by molar-refractivity contribution is 14.1. The lowest BCUT2D eigenvalue weighted by Crippen LogP contribution is -2.48. The van der Waals surface area contributed by atoms with Crippen molar-refractivity contribution in [2.75, 3.05) is 0 Å². The lowest BCUT2D eigenvalue weighted by atomic mass is 9.67. The lowest BCUT2D eigenvalue weighted by molar-refractivity contribution is -0.117. The molecule has 1 aliphatic carbocycles. The average molecular weight is 519 g/mol. The molecule has 0 amide bonds. The van der Waals surface area contributed by atoms with Crippen LogP contribution in [0.25, 0.3) is 0 Å². The highest BCUT2D eigenvalue weighted by Gasteiger charge is 2.44. The summed E-state index contributed by atoms with van der Waals surface area (Å²) in [6.07, 6.45) is 11.5. The summed E-state index contributed by atoms with van der Waals surface area (Å²) in [5.74, 6) is 0.0496. The summed E-state index contributed by atoms with van der Waals surface area (Å²) in [5, 5.41) is 0.188. The fourth-order valence-electron chi connectivity index (χ4n) is 3.77. The van der Waals surface area contributed by atoms with E-state index in [0.29, 0.717) is 0 Å². The predicted octanol–water partition coefficient (Wildman–Crippen LogP) is 8.23. The van der Waals surface area contributed by atoms with Crippen LogP contribution >= 0.6 is 22.6 Å². The van der Waals surface area contributed by atoms with Crippen molar-refractivity contribution in [2.24, 2.45) is 11.3 Å². The van der Waals surface area contributed by atoms with Crippen LogP contribution in [0.1, 0.15) is 86.5 Å². The summed E-state index contributed by atoms with van der Waals surface area (Å²) in [7, 11) is -1.83. The number of allylic oxidation sites excluding steroid dienone is 3. The van der Waals surface area contributed by atoms with Crippen LogP contribution in [0.2, 0.25) is 18.1 Å². The molecule has 0 aromatic heterocycles. The zero-order valence-electron chi connectivity index (χ0n) is 19.5. The summed E-state index contributed by atoms with van der Waals surface area (Å²) in [6, 6.07) is 0. The Kier molecular flexibility index (Phi) is 10.2. The van der Waals surface area contributed by atoms with Gasteiger partial charge in [-0.25, -0.2) is 0 Å². The van der Waals surface area contributed by atoms with Crippen LogP contribution < -0.4 is 0 Å². The fraction of sp³-hybridized carbons (Fsp3) is 0.792. The second-order valence-corrected chi connectivity index (χ2v) is 16.2. The van der Waals surface area contributed by atoms with Crippen molar-refractivity contribution >= 4 is 37.2 Å². The Bertz CT molecular complexity index is 574. The molecule has 4 heteroatoms. The van der Waals surface area contributed by atoms with Crippen molar-refractivity contribution in [3.63, 3.8) is 0 Å². The minimum atomic E-state index is -1.83. The quantitative estimate of drug-likeness (QED) is 0.133. The van der Waals surface area contributed by atoms with E-state index < -0.39 is 8.32 Å². The molecule has 0 N–H and O–H groups in total. The number of halogens is 1. The van der Waals surface area contributed by atoms with Crippen molar-refractivity contribution in [3.05, 3.63) is 21.3 Å². The van der Waals surface area contributed by atoms with Gasteiger partial charge >= 0.3 is 0 Å². The summed E-state index contributed by atoms with van der Waals surface area (Å²) in [5.41, 5.74) is 3.20. The highest BCUT2D eigenvalue weighted by Crippen LogP contribution is 2.46. The van der Waals surface area contributed by atoms with Gasteiger partial charge in [0.2, 0.25) is 0 Å². The second kappa shape index (κ2) is 10.9. The van der Waals surface area contributed by atoms with Gasteiger partial charge in [0.05, 0.1) is 6.10 Å². The van der Waals surface area contributed by atoms with Crippen LogP contribution in [-0.4, -0.2) is 20.7 Å². The van der Waals surface area contributed by atoms with Crippen molar-refractivity contribution in [1.82, 2.24) is 0 Å². The van der Waals surface area contributed by atoms with Gasteiger partial charge in [0.1, 0.15) is 6.29 Å². The Balaban J connectivity index is 2.63. The zero-order valence-corrected chi connectivity index (χ0v) is 22.7. The highest BCUT2D eigenvalue weighted by atomic mass is 127. The molecule has 0 aromatic carbocycles. The minimum Gasteiger partial charge on any atom is -0.413 e. The molecule has 1 saturated carbocycles. The predicted molar refractivity (Wildman–Crippen MR) is 134 cm³/mol. The van der Waals surface area contributed by atoms with Crippen LogP contribution in [-0.2, 0) is 9.22 Å². The first-order chi connectivity index (χ1) is 12.8. The molecular formula is C24H43IO2Si. The molecule has 1 rings (SSSR count). The van der Waals surface area contributed by atoms with Crippen molar-refractivity contribution in [2.45, 2.75) is 111 Å². The van der Waals surface area contributed by atoms with Gasteiger partial charge in [0.15, 0.2) is 8.32 Å². The summed E-state index contributed by atoms with van der Waals surface area (Å²) >= 11 is 2.32. The van der Waals surface area contributed by atoms with Gasteiger partial charge < -0.3 is 9.22 Å². The van der Waals surface area contributed by atoms with E-state index in [1.165, 1.54) is 30.3 Å². The van der Waals surface area contributed by atoms with Crippen LogP contribution in [0.15, 0.2) is 21.3 Å². The van der Waals surface area contributed by atoms with Gasteiger partial charge in [0.25, 0.3) is 0 Å². The van der Waals surface area contributed by atoms with Gasteiger partial charge in [0, 0.05) is 5.92 Å². The molecule has 28 heavy (non-hydrogen) atoms. The summed E-state index contributed by atoms with van der Waals surface area (Å²) in [6.45, 7) is 18.2. The third-order valence-corrected chi connectivity index (χ3v) is 12.6. The topological polar surface area (TPSA) is 26.3 Å². The maximum Gasteiger partial charge on any atom is 0.192 e. The van der Waals surface area contributed by atoms with Crippen molar-refractivity contribution in [3.8, 4) is 0 Å². The zero-order chi connectivity index (χ0) is 21.6. The number of aldehydes is 1. The molecule has 0 heterocycles. The van der Waals surface area contributed by atoms with Gasteiger partial charge in [-0.2, -0.15) is 0 Å². The molecule has 0 unspecified atom stereocenters. The van der Waals surface area contributed by atoms with E-state index in [1.807, 2.05) is 0 Å². The number of carbonyl (C=O) groups excluding carboxylic acids is 1. The Labute approximate surface area is 189 Å². The third kappa shape index (κ3) is 8.06. The molecular weight excluding hydrogens is 475 g/mol. The molecule has 3 atom stereocenters. The van der Waals surface area contributed by atoms with Crippen molar-refractivity contribution in [1.29, 1.82) is 0 Å². The van der Waals surface area contributed by atoms with E-state index in [9.17, 15) is 4.79 Å². The van der Waals surface area contributed by atoms with Crippen LogP contribution in [0.4, 0.5) is 0 Å². The molecule has 2 nitrogen and oxygen atoms in total. The smallest absolute Gasteiger partial charge is 0.192 e. The molecule has 0 radical (unpaired) electrons. The normalized spacial score (nSPS) is 27.8. The van der Waals surface area contributed by atoms with Crippen LogP contribution in [0.5, 0.6) is 0 Å². The Morgan fingerprint density at radius 3 is 2.39 bits per heavy atom. The molecule has 0 aromatic rings. The van der Waals surface area contributed by atoms with E-state index in [4.69, 9.17) is 4.43 Å². The first-order valence-corrected chi connectivity index (χ1v) is 15.0. The van der Waals surface area contributed by atoms with Crippen molar-refractivity contribution < 1.29 is 9.22 Å². The fourth-order valence-corrected chi connectivity index (χ4v) is 5.49. The Morgan fingerprint density at radius 2 is 1.86 bits per heavy atom. The molecule has 162 valence electrons. The molecule has 0 spiro atoms. The molecule has 0 saturated heterocycles. The van der Waals surface area contributed by atoms with E-state index in [0.717, 1.165) is 32.1 Å². The average Bonchev–Trinajstić information content (AvgIpc) is 2.60. The SMILES string of the molecule is C/C(=C/CC/C(C)=C/I)CC[C@@]1(C)CC[C@@H](O[Si](C)(C)C(C)(C)C)[C@@H](C=O)C1. The largest absolute Gasteiger partial charge is 0.413 e. The molecule has 0 aliphatic heterocycles. The summed E-state index contributed by atoms with van der Waals surface area (Å²) in [4.78, 5) is 11.9. The van der Waals surface area contributed by atoms with E-state index >= 15 is 0 Å². The summed E-state index contributed by atoms with van der Waals surface area (Å²) < 4.78 is 8.81. The Morgan fingerprint density at radius 1 is 1.21 bits per heavy atom.